The lowest BCUT2D eigenvalue weighted by Gasteiger charge is -2.40. The smallest absolute Gasteiger partial charge is 0.0231 e. The van der Waals surface area contributed by atoms with Crippen molar-refractivity contribution in [3.05, 3.63) is 0 Å². The van der Waals surface area contributed by atoms with Gasteiger partial charge in [0.05, 0.1) is 0 Å². The third kappa shape index (κ3) is 5.07. The van der Waals surface area contributed by atoms with E-state index in [1.165, 1.54) is 38.2 Å². The Morgan fingerprint density at radius 3 is 2.81 bits per heavy atom. The summed E-state index contributed by atoms with van der Waals surface area (Å²) in [6, 6.07) is 0.749. The van der Waals surface area contributed by atoms with Gasteiger partial charge in [0.25, 0.3) is 0 Å². The molecule has 16 heavy (non-hydrogen) atoms. The summed E-state index contributed by atoms with van der Waals surface area (Å²) in [5.41, 5.74) is 0. The fourth-order valence-corrected chi connectivity index (χ4v) is 3.45. The number of rotatable bonds is 6. The maximum Gasteiger partial charge on any atom is 0.0231 e. The Morgan fingerprint density at radius 2 is 2.19 bits per heavy atom. The average Bonchev–Trinajstić information content (AvgIpc) is 2.22. The van der Waals surface area contributed by atoms with Gasteiger partial charge < -0.3 is 5.32 Å². The molecule has 1 aliphatic rings. The predicted octanol–water partition coefficient (Wildman–Crippen LogP) is 2.59. The maximum absolute atomic E-state index is 3.40. The highest BCUT2D eigenvalue weighted by Crippen LogP contribution is 2.30. The van der Waals surface area contributed by atoms with E-state index in [0.29, 0.717) is 4.75 Å². The molecule has 2 nitrogen and oxygen atoms in total. The van der Waals surface area contributed by atoms with Crippen molar-refractivity contribution >= 4 is 11.8 Å². The van der Waals surface area contributed by atoms with Crippen LogP contribution in [-0.2, 0) is 0 Å². The van der Waals surface area contributed by atoms with Gasteiger partial charge in [0.2, 0.25) is 0 Å². The molecular formula is C13H28N2S. The van der Waals surface area contributed by atoms with Crippen molar-refractivity contribution in [2.75, 3.05) is 31.9 Å². The normalized spacial score (nSPS) is 23.2. The van der Waals surface area contributed by atoms with E-state index in [2.05, 4.69) is 49.7 Å². The Labute approximate surface area is 106 Å². The molecule has 1 unspecified atom stereocenters. The maximum atomic E-state index is 3.40. The van der Waals surface area contributed by atoms with E-state index in [1.54, 1.807) is 0 Å². The van der Waals surface area contributed by atoms with Gasteiger partial charge in [-0.3, -0.25) is 4.90 Å². The highest BCUT2D eigenvalue weighted by molar-refractivity contribution is 8.00. The SMILES string of the molecule is CCNCCCC(C)N1CCSC(C)(C)C1. The summed E-state index contributed by atoms with van der Waals surface area (Å²) in [5, 5.41) is 3.40. The van der Waals surface area contributed by atoms with Crippen molar-refractivity contribution in [3.8, 4) is 0 Å². The lowest BCUT2D eigenvalue weighted by molar-refractivity contribution is 0.188. The molecule has 1 fully saturated rings. The van der Waals surface area contributed by atoms with Crippen molar-refractivity contribution in [1.29, 1.82) is 0 Å². The summed E-state index contributed by atoms with van der Waals surface area (Å²) in [7, 11) is 0. The quantitative estimate of drug-likeness (QED) is 0.723. The van der Waals surface area contributed by atoms with Gasteiger partial charge in [-0.05, 0) is 46.7 Å². The number of nitrogens with zero attached hydrogens (tertiary/aromatic N) is 1. The summed E-state index contributed by atoms with van der Waals surface area (Å²) < 4.78 is 0.453. The summed E-state index contributed by atoms with van der Waals surface area (Å²) in [6.07, 6.45) is 2.63. The molecule has 0 spiro atoms. The first-order valence-electron chi connectivity index (χ1n) is 6.64. The van der Waals surface area contributed by atoms with Crippen LogP contribution in [0.5, 0.6) is 0 Å². The molecule has 0 aromatic heterocycles. The molecule has 1 atom stereocenters. The molecule has 3 heteroatoms. The third-order valence-corrected chi connectivity index (χ3v) is 4.60. The molecule has 1 saturated heterocycles. The first-order valence-corrected chi connectivity index (χ1v) is 7.62. The van der Waals surface area contributed by atoms with Gasteiger partial charge in [-0.1, -0.05) is 6.92 Å². The summed E-state index contributed by atoms with van der Waals surface area (Å²) >= 11 is 2.12. The van der Waals surface area contributed by atoms with Crippen LogP contribution < -0.4 is 5.32 Å². The number of hydrogen-bond acceptors (Lipinski definition) is 3. The van der Waals surface area contributed by atoms with Crippen LogP contribution in [0.25, 0.3) is 0 Å². The van der Waals surface area contributed by atoms with Crippen LogP contribution in [0.15, 0.2) is 0 Å². The number of nitrogens with one attached hydrogen (secondary N) is 1. The molecule has 0 amide bonds. The Hall–Kier alpha value is 0.270. The Balaban J connectivity index is 2.22. The first kappa shape index (κ1) is 14.3. The molecule has 0 aromatic carbocycles. The molecule has 96 valence electrons. The molecule has 0 radical (unpaired) electrons. The standard InChI is InChI=1S/C13H28N2S/c1-5-14-8-6-7-12(2)15-9-10-16-13(3,4)11-15/h12,14H,5-11H2,1-4H3. The minimum atomic E-state index is 0.453. The minimum Gasteiger partial charge on any atom is -0.317 e. The van der Waals surface area contributed by atoms with Gasteiger partial charge in [0, 0.05) is 29.6 Å². The highest BCUT2D eigenvalue weighted by Gasteiger charge is 2.28. The molecule has 1 aliphatic heterocycles. The highest BCUT2D eigenvalue weighted by atomic mass is 32.2. The fraction of sp³-hybridized carbons (Fsp3) is 1.00. The van der Waals surface area contributed by atoms with Crippen LogP contribution in [-0.4, -0.2) is 47.6 Å². The van der Waals surface area contributed by atoms with E-state index in [1.807, 2.05) is 0 Å². The first-order chi connectivity index (χ1) is 7.55. The Bertz CT molecular complexity index is 194. The van der Waals surface area contributed by atoms with E-state index < -0.39 is 0 Å². The molecule has 1 N–H and O–H groups in total. The Kier molecular flexibility index (Phi) is 6.16. The molecule has 0 aliphatic carbocycles. The molecule has 1 heterocycles. The Morgan fingerprint density at radius 1 is 1.44 bits per heavy atom. The van der Waals surface area contributed by atoms with Gasteiger partial charge >= 0.3 is 0 Å². The largest absolute Gasteiger partial charge is 0.317 e. The lowest BCUT2D eigenvalue weighted by Crippen LogP contribution is -2.47. The topological polar surface area (TPSA) is 15.3 Å². The average molecular weight is 244 g/mol. The van der Waals surface area contributed by atoms with Crippen LogP contribution in [0.3, 0.4) is 0 Å². The van der Waals surface area contributed by atoms with E-state index in [9.17, 15) is 0 Å². The van der Waals surface area contributed by atoms with Crippen molar-refractivity contribution in [1.82, 2.24) is 10.2 Å². The third-order valence-electron chi connectivity index (χ3n) is 3.30. The monoisotopic (exact) mass is 244 g/mol. The van der Waals surface area contributed by atoms with Gasteiger partial charge in [-0.2, -0.15) is 11.8 Å². The van der Waals surface area contributed by atoms with Gasteiger partial charge in [-0.25, -0.2) is 0 Å². The molecule has 0 saturated carbocycles. The molecule has 1 rings (SSSR count). The zero-order chi connectivity index (χ0) is 12.0. The second-order valence-electron chi connectivity index (χ2n) is 5.42. The molecule has 0 bridgehead atoms. The number of thioether (sulfide) groups is 1. The van der Waals surface area contributed by atoms with Crippen LogP contribution >= 0.6 is 11.8 Å². The van der Waals surface area contributed by atoms with Crippen molar-refractivity contribution in [2.45, 2.75) is 51.3 Å². The van der Waals surface area contributed by atoms with Gasteiger partial charge in [0.1, 0.15) is 0 Å². The van der Waals surface area contributed by atoms with Crippen LogP contribution in [0.2, 0.25) is 0 Å². The van der Waals surface area contributed by atoms with Crippen LogP contribution in [0, 0.1) is 0 Å². The lowest BCUT2D eigenvalue weighted by atomic mass is 10.1. The van der Waals surface area contributed by atoms with Crippen molar-refractivity contribution in [3.63, 3.8) is 0 Å². The summed E-state index contributed by atoms with van der Waals surface area (Å²) in [4.78, 5) is 2.67. The number of hydrogen-bond donors (Lipinski definition) is 1. The van der Waals surface area contributed by atoms with E-state index in [4.69, 9.17) is 0 Å². The molecule has 0 aromatic rings. The summed E-state index contributed by atoms with van der Waals surface area (Å²) in [5.74, 6) is 1.30. The zero-order valence-electron chi connectivity index (χ0n) is 11.4. The van der Waals surface area contributed by atoms with E-state index in [0.717, 1.165) is 12.6 Å². The predicted molar refractivity (Wildman–Crippen MR) is 75.3 cm³/mol. The van der Waals surface area contributed by atoms with Gasteiger partial charge in [0.15, 0.2) is 0 Å². The zero-order valence-corrected chi connectivity index (χ0v) is 12.2. The molecular weight excluding hydrogens is 216 g/mol. The minimum absolute atomic E-state index is 0.453. The van der Waals surface area contributed by atoms with Crippen molar-refractivity contribution < 1.29 is 0 Å². The summed E-state index contributed by atoms with van der Waals surface area (Å²) in [6.45, 7) is 14.1. The second kappa shape index (κ2) is 6.87. The van der Waals surface area contributed by atoms with Crippen LogP contribution in [0.4, 0.5) is 0 Å². The van der Waals surface area contributed by atoms with Gasteiger partial charge in [-0.15, -0.1) is 0 Å². The van der Waals surface area contributed by atoms with E-state index >= 15 is 0 Å². The van der Waals surface area contributed by atoms with E-state index in [-0.39, 0.29) is 0 Å². The van der Waals surface area contributed by atoms with Crippen molar-refractivity contribution in [2.24, 2.45) is 0 Å². The second-order valence-corrected chi connectivity index (χ2v) is 7.23. The van der Waals surface area contributed by atoms with Crippen LogP contribution in [0.1, 0.15) is 40.5 Å². The fourth-order valence-electron chi connectivity index (χ4n) is 2.31.